The summed E-state index contributed by atoms with van der Waals surface area (Å²) in [6, 6.07) is 0. The van der Waals surface area contributed by atoms with Crippen molar-refractivity contribution in [3.8, 4) is 0 Å². The molecule has 0 fully saturated rings. The monoisotopic (exact) mass is 170 g/mol. The molecule has 0 amide bonds. The van der Waals surface area contributed by atoms with Gasteiger partial charge in [0, 0.05) is 19.4 Å². The predicted molar refractivity (Wildman–Crippen MR) is 51.6 cm³/mol. The molecule has 11 heavy (non-hydrogen) atoms. The van der Waals surface area contributed by atoms with Crippen LogP contribution in [0.25, 0.3) is 0 Å². The second-order valence-corrected chi connectivity index (χ2v) is 9.03. The molecule has 1 heterocycles. The highest BCUT2D eigenvalue weighted by Crippen LogP contribution is 2.20. The molecule has 64 valence electrons. The Morgan fingerprint density at radius 3 is 1.91 bits per heavy atom. The van der Waals surface area contributed by atoms with Crippen LogP contribution in [0.3, 0.4) is 0 Å². The van der Waals surface area contributed by atoms with E-state index in [1.807, 2.05) is 0 Å². The van der Waals surface area contributed by atoms with Crippen LogP contribution in [0.15, 0.2) is 12.4 Å². The van der Waals surface area contributed by atoms with Crippen LogP contribution in [0, 0.1) is 0 Å². The van der Waals surface area contributed by atoms with Crippen LogP contribution in [-0.4, -0.2) is 30.9 Å². The second-order valence-electron chi connectivity index (χ2n) is 4.17. The molecule has 0 aromatic carbocycles. The van der Waals surface area contributed by atoms with Gasteiger partial charge in [0.2, 0.25) is 0 Å². The van der Waals surface area contributed by atoms with E-state index in [-0.39, 0.29) is 0 Å². The number of rotatable bonds is 1. The molecule has 1 atom stereocenters. The first-order chi connectivity index (χ1) is 4.93. The lowest BCUT2D eigenvalue weighted by molar-refractivity contribution is 0.268. The minimum Gasteiger partial charge on any atom is -0.384 e. The third-order valence-electron chi connectivity index (χ3n) is 2.23. The van der Waals surface area contributed by atoms with Crippen molar-refractivity contribution in [3.63, 3.8) is 0 Å². The zero-order chi connectivity index (χ0) is 8.65. The molecule has 1 rings (SSSR count). The molecule has 3 heteroatoms. The zero-order valence-corrected chi connectivity index (χ0v) is 9.13. The molecule has 0 bridgehead atoms. The first-order valence-electron chi connectivity index (χ1n) is 4.11. The van der Waals surface area contributed by atoms with E-state index < -0.39 is 8.24 Å². The van der Waals surface area contributed by atoms with E-state index in [1.54, 1.807) is 0 Å². The summed E-state index contributed by atoms with van der Waals surface area (Å²) in [5.41, 5.74) is 0. The molecular formula is C8H18N2Si. The van der Waals surface area contributed by atoms with Gasteiger partial charge in [-0.25, -0.2) is 0 Å². The fourth-order valence-electron chi connectivity index (χ4n) is 1.41. The maximum atomic E-state index is 2.49. The molecule has 1 aliphatic heterocycles. The third-order valence-corrected chi connectivity index (χ3v) is 4.30. The van der Waals surface area contributed by atoms with Crippen LogP contribution in [0.1, 0.15) is 6.92 Å². The van der Waals surface area contributed by atoms with Gasteiger partial charge in [-0.05, 0) is 6.92 Å². The van der Waals surface area contributed by atoms with Gasteiger partial charge in [-0.2, -0.15) is 0 Å². The van der Waals surface area contributed by atoms with E-state index in [9.17, 15) is 0 Å². The van der Waals surface area contributed by atoms with E-state index in [1.165, 1.54) is 0 Å². The van der Waals surface area contributed by atoms with Crippen LogP contribution in [0.2, 0.25) is 19.6 Å². The van der Waals surface area contributed by atoms with Crippen LogP contribution in [0.5, 0.6) is 0 Å². The van der Waals surface area contributed by atoms with Crippen molar-refractivity contribution in [1.29, 1.82) is 0 Å². The molecule has 0 aliphatic carbocycles. The van der Waals surface area contributed by atoms with Crippen molar-refractivity contribution >= 4 is 8.24 Å². The SMILES string of the molecule is CC1N(C)C=CN1[Si](C)(C)C. The average Bonchev–Trinajstić information content (AvgIpc) is 2.11. The lowest BCUT2D eigenvalue weighted by Crippen LogP contribution is -2.48. The highest BCUT2D eigenvalue weighted by atomic mass is 28.3. The molecule has 0 N–H and O–H groups in total. The van der Waals surface area contributed by atoms with Crippen molar-refractivity contribution in [1.82, 2.24) is 9.47 Å². The minimum absolute atomic E-state index is 0.557. The maximum Gasteiger partial charge on any atom is 0.149 e. The van der Waals surface area contributed by atoms with Crippen LogP contribution < -0.4 is 0 Å². The van der Waals surface area contributed by atoms with Crippen molar-refractivity contribution in [2.75, 3.05) is 7.05 Å². The molecule has 0 spiro atoms. The summed E-state index contributed by atoms with van der Waals surface area (Å²) in [6.07, 6.45) is 4.93. The van der Waals surface area contributed by atoms with E-state index in [4.69, 9.17) is 0 Å². The van der Waals surface area contributed by atoms with Gasteiger partial charge >= 0.3 is 0 Å². The normalized spacial score (nSPS) is 25.0. The Morgan fingerprint density at radius 1 is 1.18 bits per heavy atom. The summed E-state index contributed by atoms with van der Waals surface area (Å²) in [6.45, 7) is 9.35. The van der Waals surface area contributed by atoms with Gasteiger partial charge in [-0.1, -0.05) is 19.6 Å². The Bertz CT molecular complexity index is 171. The van der Waals surface area contributed by atoms with Crippen molar-refractivity contribution in [3.05, 3.63) is 12.4 Å². The second kappa shape index (κ2) is 2.55. The van der Waals surface area contributed by atoms with Crippen LogP contribution in [-0.2, 0) is 0 Å². The summed E-state index contributed by atoms with van der Waals surface area (Å²) in [5.74, 6) is 0. The van der Waals surface area contributed by atoms with Gasteiger partial charge in [0.25, 0.3) is 0 Å². The van der Waals surface area contributed by atoms with Gasteiger partial charge in [-0.3, -0.25) is 0 Å². The third kappa shape index (κ3) is 1.58. The van der Waals surface area contributed by atoms with Gasteiger partial charge in [0.15, 0.2) is 0 Å². The van der Waals surface area contributed by atoms with Gasteiger partial charge in [0.05, 0.1) is 6.17 Å². The summed E-state index contributed by atoms with van der Waals surface area (Å²) >= 11 is 0. The minimum atomic E-state index is -1.12. The standard InChI is InChI=1S/C8H18N2Si/c1-8-9(2)6-7-10(8)11(3,4)5/h6-8H,1-5H3. The van der Waals surface area contributed by atoms with Crippen LogP contribution >= 0.6 is 0 Å². The highest BCUT2D eigenvalue weighted by molar-refractivity contribution is 6.73. The lowest BCUT2D eigenvalue weighted by Gasteiger charge is -2.36. The molecule has 0 saturated carbocycles. The quantitative estimate of drug-likeness (QED) is 0.554. The molecule has 0 aromatic rings. The number of hydrogen-bond donors (Lipinski definition) is 0. The zero-order valence-electron chi connectivity index (χ0n) is 8.13. The Hall–Kier alpha value is -0.443. The first-order valence-corrected chi connectivity index (χ1v) is 7.56. The molecule has 1 unspecified atom stereocenters. The molecule has 1 aliphatic rings. The molecule has 0 aromatic heterocycles. The number of hydrogen-bond acceptors (Lipinski definition) is 2. The van der Waals surface area contributed by atoms with Crippen molar-refractivity contribution < 1.29 is 0 Å². The average molecular weight is 170 g/mol. The van der Waals surface area contributed by atoms with Gasteiger partial charge in [0.1, 0.15) is 8.24 Å². The summed E-state index contributed by atoms with van der Waals surface area (Å²) in [4.78, 5) is 2.25. The molecule has 2 nitrogen and oxygen atoms in total. The van der Waals surface area contributed by atoms with E-state index in [0.717, 1.165) is 0 Å². The fraction of sp³-hybridized carbons (Fsp3) is 0.750. The first kappa shape index (κ1) is 8.65. The van der Waals surface area contributed by atoms with E-state index in [2.05, 4.69) is 55.5 Å². The Morgan fingerprint density at radius 2 is 1.73 bits per heavy atom. The maximum absolute atomic E-state index is 2.49. The lowest BCUT2D eigenvalue weighted by atomic mass is 10.5. The molecule has 0 radical (unpaired) electrons. The largest absolute Gasteiger partial charge is 0.384 e. The Labute approximate surface area is 70.6 Å². The van der Waals surface area contributed by atoms with Crippen molar-refractivity contribution in [2.45, 2.75) is 32.7 Å². The van der Waals surface area contributed by atoms with Gasteiger partial charge < -0.3 is 9.47 Å². The summed E-state index contributed by atoms with van der Waals surface area (Å²) < 4.78 is 2.49. The van der Waals surface area contributed by atoms with Crippen LogP contribution in [0.4, 0.5) is 0 Å². The number of nitrogens with zero attached hydrogens (tertiary/aromatic N) is 2. The smallest absolute Gasteiger partial charge is 0.149 e. The van der Waals surface area contributed by atoms with E-state index >= 15 is 0 Å². The summed E-state index contributed by atoms with van der Waals surface area (Å²) in [7, 11) is 1.00. The topological polar surface area (TPSA) is 6.48 Å². The highest BCUT2D eigenvalue weighted by Gasteiger charge is 2.29. The summed E-state index contributed by atoms with van der Waals surface area (Å²) in [5, 5.41) is 0. The fourth-order valence-corrected chi connectivity index (χ4v) is 3.22. The van der Waals surface area contributed by atoms with Gasteiger partial charge in [-0.15, -0.1) is 0 Å². The van der Waals surface area contributed by atoms with Crippen molar-refractivity contribution in [2.24, 2.45) is 0 Å². The van der Waals surface area contributed by atoms with E-state index in [0.29, 0.717) is 6.17 Å². The molecular weight excluding hydrogens is 152 g/mol. The Balaban J connectivity index is 2.70. The predicted octanol–water partition coefficient (Wildman–Crippen LogP) is 1.89. The Kier molecular flexibility index (Phi) is 2.01. The molecule has 0 saturated heterocycles.